The third kappa shape index (κ3) is 2.59. The molecular formula is C13H11N3O2S. The number of azide groups is 1. The maximum Gasteiger partial charge on any atom is 0.207 e. The van der Waals surface area contributed by atoms with Gasteiger partial charge in [-0.3, -0.25) is 0 Å². The highest BCUT2D eigenvalue weighted by Crippen LogP contribution is 2.29. The highest BCUT2D eigenvalue weighted by Gasteiger charge is 2.20. The largest absolute Gasteiger partial charge is 0.219 e. The van der Waals surface area contributed by atoms with Gasteiger partial charge in [0.15, 0.2) is 0 Å². The molecule has 0 aliphatic rings. The standard InChI is InChI=1S/C13H11N3O2S/c1-10-5-4-6-11(9-10)19(17,18)13-8-3-2-7-12(13)15-16-14/h2-9H,1H3. The summed E-state index contributed by atoms with van der Waals surface area (Å²) in [4.78, 5) is 2.85. The first-order chi connectivity index (χ1) is 9.05. The Morgan fingerprint density at radius 3 is 2.53 bits per heavy atom. The monoisotopic (exact) mass is 273 g/mol. The molecule has 0 aliphatic carbocycles. The fraction of sp³-hybridized carbons (Fsp3) is 0.0769. The lowest BCUT2D eigenvalue weighted by Crippen LogP contribution is -2.02. The fourth-order valence-electron chi connectivity index (χ4n) is 1.72. The average molecular weight is 273 g/mol. The summed E-state index contributed by atoms with van der Waals surface area (Å²) < 4.78 is 25.0. The molecule has 2 aromatic carbocycles. The van der Waals surface area contributed by atoms with Crippen molar-refractivity contribution < 1.29 is 8.42 Å². The molecule has 0 saturated heterocycles. The van der Waals surface area contributed by atoms with E-state index in [9.17, 15) is 8.42 Å². The first-order valence-electron chi connectivity index (χ1n) is 5.51. The summed E-state index contributed by atoms with van der Waals surface area (Å²) in [5.41, 5.74) is 9.44. The van der Waals surface area contributed by atoms with E-state index >= 15 is 0 Å². The van der Waals surface area contributed by atoms with Crippen LogP contribution >= 0.6 is 0 Å². The van der Waals surface area contributed by atoms with Crippen LogP contribution in [-0.4, -0.2) is 8.42 Å². The number of sulfone groups is 1. The second kappa shape index (κ2) is 5.14. The normalized spacial score (nSPS) is 10.8. The summed E-state index contributed by atoms with van der Waals surface area (Å²) in [7, 11) is -3.68. The number of nitrogens with zero attached hydrogens (tertiary/aromatic N) is 3. The molecule has 0 amide bonds. The number of hydrogen-bond donors (Lipinski definition) is 0. The van der Waals surface area contributed by atoms with Crippen molar-refractivity contribution in [2.45, 2.75) is 16.7 Å². The van der Waals surface area contributed by atoms with Crippen molar-refractivity contribution in [3.63, 3.8) is 0 Å². The van der Waals surface area contributed by atoms with E-state index in [4.69, 9.17) is 5.53 Å². The molecule has 0 aliphatic heterocycles. The smallest absolute Gasteiger partial charge is 0.207 e. The van der Waals surface area contributed by atoms with Crippen molar-refractivity contribution in [1.82, 2.24) is 0 Å². The van der Waals surface area contributed by atoms with Gasteiger partial charge in [-0.25, -0.2) is 8.42 Å². The molecule has 0 atom stereocenters. The summed E-state index contributed by atoms with van der Waals surface area (Å²) in [5.74, 6) is 0. The van der Waals surface area contributed by atoms with Gasteiger partial charge < -0.3 is 0 Å². The summed E-state index contributed by atoms with van der Waals surface area (Å²) >= 11 is 0. The molecule has 19 heavy (non-hydrogen) atoms. The topological polar surface area (TPSA) is 82.9 Å². The zero-order valence-electron chi connectivity index (χ0n) is 10.2. The molecule has 0 radical (unpaired) electrons. The molecule has 5 nitrogen and oxygen atoms in total. The summed E-state index contributed by atoms with van der Waals surface area (Å²) in [6, 6.07) is 12.7. The van der Waals surface area contributed by atoms with Gasteiger partial charge in [0.05, 0.1) is 15.5 Å². The van der Waals surface area contributed by atoms with Crippen LogP contribution in [0, 0.1) is 6.92 Å². The Morgan fingerprint density at radius 2 is 1.84 bits per heavy atom. The van der Waals surface area contributed by atoms with Gasteiger partial charge in [-0.2, -0.15) is 0 Å². The van der Waals surface area contributed by atoms with Gasteiger partial charge in [0.2, 0.25) is 9.84 Å². The van der Waals surface area contributed by atoms with Crippen molar-refractivity contribution in [2.75, 3.05) is 0 Å². The van der Waals surface area contributed by atoms with E-state index in [1.165, 1.54) is 18.2 Å². The maximum absolute atomic E-state index is 12.5. The van der Waals surface area contributed by atoms with Crippen LogP contribution in [0.1, 0.15) is 5.56 Å². The third-order valence-corrected chi connectivity index (χ3v) is 4.41. The Morgan fingerprint density at radius 1 is 1.11 bits per heavy atom. The van der Waals surface area contributed by atoms with E-state index < -0.39 is 9.84 Å². The van der Waals surface area contributed by atoms with Gasteiger partial charge in [-0.1, -0.05) is 35.4 Å². The van der Waals surface area contributed by atoms with Crippen molar-refractivity contribution >= 4 is 15.5 Å². The molecule has 6 heteroatoms. The van der Waals surface area contributed by atoms with Crippen molar-refractivity contribution in [3.8, 4) is 0 Å². The molecule has 96 valence electrons. The third-order valence-electron chi connectivity index (χ3n) is 2.61. The summed E-state index contributed by atoms with van der Waals surface area (Å²) in [6.07, 6.45) is 0. The van der Waals surface area contributed by atoms with Gasteiger partial charge in [0, 0.05) is 4.91 Å². The molecule has 0 spiro atoms. The van der Waals surface area contributed by atoms with E-state index in [-0.39, 0.29) is 15.5 Å². The average Bonchev–Trinajstić information content (AvgIpc) is 2.39. The predicted molar refractivity (Wildman–Crippen MR) is 71.9 cm³/mol. The zero-order valence-corrected chi connectivity index (χ0v) is 11.0. The predicted octanol–water partition coefficient (Wildman–Crippen LogP) is 3.77. The Balaban J connectivity index is 2.67. The van der Waals surface area contributed by atoms with Crippen LogP contribution in [0.2, 0.25) is 0 Å². The Labute approximate surface area is 111 Å². The number of hydrogen-bond acceptors (Lipinski definition) is 3. The Kier molecular flexibility index (Phi) is 3.55. The number of benzene rings is 2. The van der Waals surface area contributed by atoms with E-state index in [1.807, 2.05) is 13.0 Å². The van der Waals surface area contributed by atoms with Gasteiger partial charge >= 0.3 is 0 Å². The van der Waals surface area contributed by atoms with Crippen LogP contribution in [0.15, 0.2) is 63.4 Å². The highest BCUT2D eigenvalue weighted by atomic mass is 32.2. The minimum Gasteiger partial charge on any atom is -0.219 e. The molecule has 2 rings (SSSR count). The van der Waals surface area contributed by atoms with Crippen molar-refractivity contribution in [1.29, 1.82) is 0 Å². The molecule has 0 fully saturated rings. The van der Waals surface area contributed by atoms with E-state index in [1.54, 1.807) is 24.3 Å². The van der Waals surface area contributed by atoms with Crippen molar-refractivity contribution in [2.24, 2.45) is 5.11 Å². The first-order valence-corrected chi connectivity index (χ1v) is 7.00. The van der Waals surface area contributed by atoms with Gasteiger partial charge in [0.25, 0.3) is 0 Å². The Hall–Kier alpha value is -2.30. The van der Waals surface area contributed by atoms with Crippen LogP contribution in [0.4, 0.5) is 5.69 Å². The second-order valence-electron chi connectivity index (χ2n) is 3.98. The van der Waals surface area contributed by atoms with E-state index in [0.717, 1.165) is 5.56 Å². The van der Waals surface area contributed by atoms with Crippen molar-refractivity contribution in [3.05, 3.63) is 64.5 Å². The Bertz CT molecular complexity index is 763. The van der Waals surface area contributed by atoms with E-state index in [2.05, 4.69) is 10.0 Å². The highest BCUT2D eigenvalue weighted by molar-refractivity contribution is 7.91. The molecule has 0 heterocycles. The minimum atomic E-state index is -3.68. The lowest BCUT2D eigenvalue weighted by Gasteiger charge is -2.07. The zero-order chi connectivity index (χ0) is 13.9. The molecule has 0 unspecified atom stereocenters. The first kappa shape index (κ1) is 13.1. The van der Waals surface area contributed by atoms with E-state index in [0.29, 0.717) is 0 Å². The van der Waals surface area contributed by atoms with Crippen LogP contribution in [-0.2, 0) is 9.84 Å². The number of aryl methyl sites for hydroxylation is 1. The molecule has 0 N–H and O–H groups in total. The summed E-state index contributed by atoms with van der Waals surface area (Å²) in [6.45, 7) is 1.82. The van der Waals surface area contributed by atoms with Gasteiger partial charge in [-0.15, -0.1) is 0 Å². The minimum absolute atomic E-state index is 0.0124. The quantitative estimate of drug-likeness (QED) is 0.484. The van der Waals surface area contributed by atoms with Crippen LogP contribution in [0.25, 0.3) is 10.4 Å². The van der Waals surface area contributed by atoms with Crippen LogP contribution in [0.3, 0.4) is 0 Å². The molecule has 0 bridgehead atoms. The number of rotatable bonds is 3. The molecule has 0 saturated carbocycles. The lowest BCUT2D eigenvalue weighted by atomic mass is 10.2. The van der Waals surface area contributed by atoms with Crippen LogP contribution in [0.5, 0.6) is 0 Å². The maximum atomic E-state index is 12.5. The van der Waals surface area contributed by atoms with Gasteiger partial charge in [0.1, 0.15) is 0 Å². The fourth-order valence-corrected chi connectivity index (χ4v) is 3.22. The molecular weight excluding hydrogens is 262 g/mol. The SMILES string of the molecule is Cc1cccc(S(=O)(=O)c2ccccc2N=[N+]=[N-])c1. The molecule has 0 aromatic heterocycles. The summed E-state index contributed by atoms with van der Waals surface area (Å²) in [5, 5.41) is 3.42. The molecule has 2 aromatic rings. The van der Waals surface area contributed by atoms with Crippen LogP contribution < -0.4 is 0 Å². The van der Waals surface area contributed by atoms with Gasteiger partial charge in [-0.05, 0) is 36.2 Å². The second-order valence-corrected chi connectivity index (χ2v) is 5.90. The lowest BCUT2D eigenvalue weighted by molar-refractivity contribution is 0.596.